The lowest BCUT2D eigenvalue weighted by Gasteiger charge is -2.36. The average molecular weight is 288 g/mol. The predicted octanol–water partition coefficient (Wildman–Crippen LogP) is 2.82. The number of carbonyl (C=O) groups is 1. The average Bonchev–Trinajstić information content (AvgIpc) is 2.45. The predicted molar refractivity (Wildman–Crippen MR) is 78.8 cm³/mol. The molecular formula is C16H14ClNO2. The minimum atomic E-state index is -0.407. The highest BCUT2D eigenvalue weighted by Crippen LogP contribution is 2.27. The summed E-state index contributed by atoms with van der Waals surface area (Å²) in [6.45, 7) is 0.759. The molecule has 1 aliphatic rings. The second kappa shape index (κ2) is 5.27. The highest BCUT2D eigenvalue weighted by molar-refractivity contribution is 6.34. The van der Waals surface area contributed by atoms with Crippen LogP contribution < -0.4 is 0 Å². The summed E-state index contributed by atoms with van der Waals surface area (Å²) in [4.78, 5) is 13.9. The molecule has 0 unspecified atom stereocenters. The van der Waals surface area contributed by atoms with Gasteiger partial charge in [0.15, 0.2) is 0 Å². The molecule has 2 aromatic rings. The molecule has 0 bridgehead atoms. The van der Waals surface area contributed by atoms with Gasteiger partial charge in [0.1, 0.15) is 0 Å². The SMILES string of the molecule is O=C(c1cc(-c2ccccc2)ccc1Cl)N1CC(O)C1. The summed E-state index contributed by atoms with van der Waals surface area (Å²) in [5.74, 6) is -0.127. The molecule has 1 N–H and O–H groups in total. The molecule has 102 valence electrons. The Bertz CT molecular complexity index is 636. The molecule has 0 radical (unpaired) electrons. The second-order valence-electron chi connectivity index (χ2n) is 4.92. The van der Waals surface area contributed by atoms with Gasteiger partial charge in [-0.15, -0.1) is 0 Å². The van der Waals surface area contributed by atoms with Crippen molar-refractivity contribution >= 4 is 17.5 Å². The van der Waals surface area contributed by atoms with Crippen molar-refractivity contribution in [1.82, 2.24) is 4.90 Å². The van der Waals surface area contributed by atoms with Gasteiger partial charge in [-0.25, -0.2) is 0 Å². The van der Waals surface area contributed by atoms with Crippen LogP contribution in [0.4, 0.5) is 0 Å². The van der Waals surface area contributed by atoms with E-state index in [1.165, 1.54) is 0 Å². The maximum absolute atomic E-state index is 12.3. The monoisotopic (exact) mass is 287 g/mol. The van der Waals surface area contributed by atoms with Gasteiger partial charge in [-0.05, 0) is 23.3 Å². The van der Waals surface area contributed by atoms with Crippen LogP contribution in [0.1, 0.15) is 10.4 Å². The lowest BCUT2D eigenvalue weighted by Crippen LogP contribution is -2.53. The molecule has 0 saturated carbocycles. The van der Waals surface area contributed by atoms with E-state index in [9.17, 15) is 9.90 Å². The van der Waals surface area contributed by atoms with Gasteiger partial charge in [0, 0.05) is 13.1 Å². The zero-order valence-corrected chi connectivity index (χ0v) is 11.5. The molecule has 4 heteroatoms. The van der Waals surface area contributed by atoms with Crippen molar-refractivity contribution in [2.75, 3.05) is 13.1 Å². The number of nitrogens with zero attached hydrogens (tertiary/aromatic N) is 1. The third-order valence-corrected chi connectivity index (χ3v) is 3.78. The molecule has 20 heavy (non-hydrogen) atoms. The van der Waals surface area contributed by atoms with E-state index in [1.807, 2.05) is 42.5 Å². The van der Waals surface area contributed by atoms with Gasteiger partial charge in [-0.1, -0.05) is 48.0 Å². The summed E-state index contributed by atoms with van der Waals surface area (Å²) in [5.41, 5.74) is 2.49. The van der Waals surface area contributed by atoms with Crippen LogP contribution in [0.2, 0.25) is 5.02 Å². The molecule has 3 rings (SSSR count). The summed E-state index contributed by atoms with van der Waals surface area (Å²) in [7, 11) is 0. The summed E-state index contributed by atoms with van der Waals surface area (Å²) in [5, 5.41) is 9.73. The Morgan fingerprint density at radius 2 is 1.80 bits per heavy atom. The smallest absolute Gasteiger partial charge is 0.255 e. The fourth-order valence-corrected chi connectivity index (χ4v) is 2.49. The van der Waals surface area contributed by atoms with Crippen LogP contribution in [0.3, 0.4) is 0 Å². The van der Waals surface area contributed by atoms with Gasteiger partial charge >= 0.3 is 0 Å². The molecule has 3 nitrogen and oxygen atoms in total. The molecule has 1 fully saturated rings. The van der Waals surface area contributed by atoms with Crippen LogP contribution in [0.25, 0.3) is 11.1 Å². The van der Waals surface area contributed by atoms with Crippen molar-refractivity contribution in [2.45, 2.75) is 6.10 Å². The van der Waals surface area contributed by atoms with Crippen molar-refractivity contribution in [3.63, 3.8) is 0 Å². The molecule has 1 heterocycles. The van der Waals surface area contributed by atoms with Gasteiger partial charge in [0.25, 0.3) is 5.91 Å². The lowest BCUT2D eigenvalue weighted by atomic mass is 10.0. The maximum Gasteiger partial charge on any atom is 0.255 e. The number of carbonyl (C=O) groups excluding carboxylic acids is 1. The fourth-order valence-electron chi connectivity index (χ4n) is 2.29. The Labute approximate surface area is 122 Å². The Morgan fingerprint density at radius 3 is 2.45 bits per heavy atom. The minimum absolute atomic E-state index is 0.127. The van der Waals surface area contributed by atoms with E-state index in [2.05, 4.69) is 0 Å². The molecule has 0 spiro atoms. The van der Waals surface area contributed by atoms with E-state index in [4.69, 9.17) is 11.6 Å². The number of aliphatic hydroxyl groups is 1. The molecule has 0 aromatic heterocycles. The summed E-state index contributed by atoms with van der Waals surface area (Å²) < 4.78 is 0. The number of aliphatic hydroxyl groups excluding tert-OH is 1. The quantitative estimate of drug-likeness (QED) is 0.923. The first kappa shape index (κ1) is 13.2. The van der Waals surface area contributed by atoms with E-state index in [1.54, 1.807) is 11.0 Å². The third kappa shape index (κ3) is 2.42. The largest absolute Gasteiger partial charge is 0.389 e. The second-order valence-corrected chi connectivity index (χ2v) is 5.33. The van der Waals surface area contributed by atoms with Crippen molar-refractivity contribution in [1.29, 1.82) is 0 Å². The highest BCUT2D eigenvalue weighted by Gasteiger charge is 2.30. The molecule has 0 atom stereocenters. The van der Waals surface area contributed by atoms with Crippen LogP contribution >= 0.6 is 11.6 Å². The number of benzene rings is 2. The first-order valence-electron chi connectivity index (χ1n) is 6.47. The van der Waals surface area contributed by atoms with Gasteiger partial charge in [-0.3, -0.25) is 4.79 Å². The van der Waals surface area contributed by atoms with Crippen LogP contribution in [0.15, 0.2) is 48.5 Å². The highest BCUT2D eigenvalue weighted by atomic mass is 35.5. The van der Waals surface area contributed by atoms with Crippen LogP contribution in [-0.2, 0) is 0 Å². The zero-order valence-electron chi connectivity index (χ0n) is 10.8. The number of hydrogen-bond donors (Lipinski definition) is 1. The van der Waals surface area contributed by atoms with Gasteiger partial charge in [-0.2, -0.15) is 0 Å². The van der Waals surface area contributed by atoms with Crippen molar-refractivity contribution in [2.24, 2.45) is 0 Å². The van der Waals surface area contributed by atoms with Gasteiger partial charge in [0.05, 0.1) is 16.7 Å². The Balaban J connectivity index is 1.93. The van der Waals surface area contributed by atoms with E-state index in [0.29, 0.717) is 23.7 Å². The van der Waals surface area contributed by atoms with Crippen molar-refractivity contribution < 1.29 is 9.90 Å². The van der Waals surface area contributed by atoms with Crippen LogP contribution in [0, 0.1) is 0 Å². The number of likely N-dealkylation sites (tertiary alicyclic amines) is 1. The van der Waals surface area contributed by atoms with E-state index in [-0.39, 0.29) is 5.91 Å². The normalized spacial score (nSPS) is 15.0. The third-order valence-electron chi connectivity index (χ3n) is 3.45. The maximum atomic E-state index is 12.3. The molecule has 1 saturated heterocycles. The number of halogens is 1. The number of hydrogen-bond acceptors (Lipinski definition) is 2. The van der Waals surface area contributed by atoms with E-state index >= 15 is 0 Å². The Hall–Kier alpha value is -1.84. The zero-order chi connectivity index (χ0) is 14.1. The summed E-state index contributed by atoms with van der Waals surface area (Å²) >= 11 is 6.13. The first-order valence-corrected chi connectivity index (χ1v) is 6.85. The Kier molecular flexibility index (Phi) is 3.47. The number of rotatable bonds is 2. The molecular weight excluding hydrogens is 274 g/mol. The molecule has 1 aliphatic heterocycles. The summed E-state index contributed by atoms with van der Waals surface area (Å²) in [6.07, 6.45) is -0.407. The fraction of sp³-hybridized carbons (Fsp3) is 0.188. The van der Waals surface area contributed by atoms with Gasteiger partial charge in [0.2, 0.25) is 0 Å². The first-order chi connectivity index (χ1) is 9.65. The standard InChI is InChI=1S/C16H14ClNO2/c17-15-7-6-12(11-4-2-1-3-5-11)8-14(15)16(20)18-9-13(19)10-18/h1-8,13,19H,9-10H2. The van der Waals surface area contributed by atoms with E-state index < -0.39 is 6.10 Å². The molecule has 0 aliphatic carbocycles. The Morgan fingerprint density at radius 1 is 1.10 bits per heavy atom. The van der Waals surface area contributed by atoms with E-state index in [0.717, 1.165) is 11.1 Å². The number of β-amino-alcohol motifs (C(OH)–C–C–N with tert-alkyl or cyclic N) is 1. The van der Waals surface area contributed by atoms with Crippen LogP contribution in [-0.4, -0.2) is 35.1 Å². The molecule has 2 aromatic carbocycles. The van der Waals surface area contributed by atoms with Crippen LogP contribution in [0.5, 0.6) is 0 Å². The van der Waals surface area contributed by atoms with Crippen molar-refractivity contribution in [3.8, 4) is 11.1 Å². The minimum Gasteiger partial charge on any atom is -0.389 e. The lowest BCUT2D eigenvalue weighted by molar-refractivity contribution is 0.00591. The topological polar surface area (TPSA) is 40.5 Å². The van der Waals surface area contributed by atoms with Gasteiger partial charge < -0.3 is 10.0 Å². The number of amides is 1. The van der Waals surface area contributed by atoms with Crippen molar-refractivity contribution in [3.05, 3.63) is 59.1 Å². The summed E-state index contributed by atoms with van der Waals surface area (Å²) in [6, 6.07) is 15.3. The molecule has 1 amide bonds.